The van der Waals surface area contributed by atoms with Crippen LogP contribution in [0.25, 0.3) is 0 Å². The zero-order valence-electron chi connectivity index (χ0n) is 9.79. The van der Waals surface area contributed by atoms with Crippen LogP contribution in [0.2, 0.25) is 0 Å². The second kappa shape index (κ2) is 5.23. The second-order valence-corrected chi connectivity index (χ2v) is 4.14. The third-order valence-corrected chi connectivity index (χ3v) is 3.03. The van der Waals surface area contributed by atoms with Crippen LogP contribution in [0.3, 0.4) is 0 Å². The van der Waals surface area contributed by atoms with Crippen molar-refractivity contribution in [3.8, 4) is 0 Å². The van der Waals surface area contributed by atoms with Crippen molar-refractivity contribution in [1.29, 1.82) is 0 Å². The Morgan fingerprint density at radius 3 is 2.42 bits per heavy atom. The van der Waals surface area contributed by atoms with E-state index >= 15 is 0 Å². The molecule has 2 unspecified atom stereocenters. The Morgan fingerprint density at radius 2 is 1.89 bits per heavy atom. The van der Waals surface area contributed by atoms with Gasteiger partial charge in [0, 0.05) is 12.3 Å². The third-order valence-electron chi connectivity index (χ3n) is 3.03. The monoisotopic (exact) mass is 274 g/mol. The molecule has 2 heterocycles. The van der Waals surface area contributed by atoms with Gasteiger partial charge in [0.1, 0.15) is 25.0 Å². The standard InChI is InChI=1S/C10H14N2O7/c13-3-5-7(16)8(17)9(19-5)11-2-1-6(15)12(4-14)10(11)18/h1-2,5,7-9,13-14,16-17H,3-4H2/t5-,7?,8?,9-/m0/s1. The van der Waals surface area contributed by atoms with Gasteiger partial charge < -0.3 is 25.2 Å². The van der Waals surface area contributed by atoms with Crippen LogP contribution in [-0.2, 0) is 11.5 Å². The Balaban J connectivity index is 2.44. The first-order chi connectivity index (χ1) is 9.01. The average molecular weight is 274 g/mol. The lowest BCUT2D eigenvalue weighted by atomic mass is 10.1. The highest BCUT2D eigenvalue weighted by atomic mass is 16.6. The van der Waals surface area contributed by atoms with Gasteiger partial charge in [-0.1, -0.05) is 0 Å². The minimum absolute atomic E-state index is 0.525. The maximum atomic E-state index is 11.9. The Labute approximate surface area is 106 Å². The molecule has 1 aromatic heterocycles. The van der Waals surface area contributed by atoms with E-state index in [0.29, 0.717) is 4.57 Å². The van der Waals surface area contributed by atoms with Crippen molar-refractivity contribution in [3.63, 3.8) is 0 Å². The first-order valence-electron chi connectivity index (χ1n) is 5.56. The molecule has 1 aliphatic heterocycles. The van der Waals surface area contributed by atoms with Crippen molar-refractivity contribution >= 4 is 0 Å². The maximum absolute atomic E-state index is 11.9. The highest BCUT2D eigenvalue weighted by molar-refractivity contribution is 4.94. The number of hydrogen-bond donors (Lipinski definition) is 4. The highest BCUT2D eigenvalue weighted by Gasteiger charge is 2.43. The Morgan fingerprint density at radius 1 is 1.21 bits per heavy atom. The molecule has 4 N–H and O–H groups in total. The molecule has 1 aromatic rings. The molecule has 1 aliphatic rings. The molecule has 2 rings (SSSR count). The van der Waals surface area contributed by atoms with Crippen LogP contribution in [0, 0.1) is 0 Å². The van der Waals surface area contributed by atoms with E-state index < -0.39 is 49.1 Å². The van der Waals surface area contributed by atoms with E-state index in [1.807, 2.05) is 0 Å². The van der Waals surface area contributed by atoms with E-state index in [2.05, 4.69) is 0 Å². The molecule has 4 atom stereocenters. The number of aliphatic hydroxyl groups is 4. The van der Waals surface area contributed by atoms with Gasteiger partial charge in [0.25, 0.3) is 5.56 Å². The number of hydrogen-bond acceptors (Lipinski definition) is 7. The summed E-state index contributed by atoms with van der Waals surface area (Å²) in [5, 5.41) is 37.3. The van der Waals surface area contributed by atoms with Gasteiger partial charge in [-0.3, -0.25) is 9.36 Å². The predicted molar refractivity (Wildman–Crippen MR) is 60.2 cm³/mol. The number of aromatic nitrogens is 2. The topological polar surface area (TPSA) is 134 Å². The second-order valence-electron chi connectivity index (χ2n) is 4.14. The van der Waals surface area contributed by atoms with Crippen LogP contribution < -0.4 is 11.2 Å². The SMILES string of the molecule is O=c1ccn([C@H]2O[C@@H](CO)C(O)C2O)c(=O)n1CO. The van der Waals surface area contributed by atoms with E-state index in [1.165, 1.54) is 0 Å². The van der Waals surface area contributed by atoms with E-state index in [4.69, 9.17) is 14.9 Å². The van der Waals surface area contributed by atoms with Crippen LogP contribution in [0.4, 0.5) is 0 Å². The largest absolute Gasteiger partial charge is 0.394 e. The van der Waals surface area contributed by atoms with Gasteiger partial charge in [-0.15, -0.1) is 0 Å². The summed E-state index contributed by atoms with van der Waals surface area (Å²) in [6.07, 6.45) is -3.95. The predicted octanol–water partition coefficient (Wildman–Crippen LogP) is -3.43. The molecule has 9 heteroatoms. The Hall–Kier alpha value is -1.52. The normalized spacial score (nSPS) is 30.7. The molecule has 0 spiro atoms. The van der Waals surface area contributed by atoms with Crippen molar-refractivity contribution in [3.05, 3.63) is 33.1 Å². The van der Waals surface area contributed by atoms with Gasteiger partial charge in [-0.2, -0.15) is 0 Å². The average Bonchev–Trinajstić information content (AvgIpc) is 2.67. The molecule has 9 nitrogen and oxygen atoms in total. The molecule has 0 saturated carbocycles. The van der Waals surface area contributed by atoms with Crippen molar-refractivity contribution in [1.82, 2.24) is 9.13 Å². The fourth-order valence-corrected chi connectivity index (χ4v) is 1.97. The lowest BCUT2D eigenvalue weighted by molar-refractivity contribution is -0.0560. The lowest BCUT2D eigenvalue weighted by Crippen LogP contribution is -2.43. The molecule has 1 fully saturated rings. The van der Waals surface area contributed by atoms with Gasteiger partial charge in [-0.05, 0) is 0 Å². The molecule has 19 heavy (non-hydrogen) atoms. The maximum Gasteiger partial charge on any atom is 0.335 e. The molecule has 106 valence electrons. The molecular weight excluding hydrogens is 260 g/mol. The summed E-state index contributed by atoms with van der Waals surface area (Å²) in [4.78, 5) is 23.2. The van der Waals surface area contributed by atoms with Gasteiger partial charge >= 0.3 is 5.69 Å². The number of rotatable bonds is 3. The summed E-state index contributed by atoms with van der Waals surface area (Å²) in [6, 6.07) is 1.02. The summed E-state index contributed by atoms with van der Waals surface area (Å²) in [6.45, 7) is -1.34. The lowest BCUT2D eigenvalue weighted by Gasteiger charge is -2.18. The van der Waals surface area contributed by atoms with Crippen LogP contribution in [0.1, 0.15) is 6.23 Å². The van der Waals surface area contributed by atoms with E-state index in [-0.39, 0.29) is 0 Å². The quantitative estimate of drug-likeness (QED) is 0.450. The van der Waals surface area contributed by atoms with E-state index in [1.54, 1.807) is 0 Å². The van der Waals surface area contributed by atoms with E-state index in [0.717, 1.165) is 16.8 Å². The van der Waals surface area contributed by atoms with Crippen LogP contribution in [-0.4, -0.2) is 54.5 Å². The van der Waals surface area contributed by atoms with E-state index in [9.17, 15) is 19.8 Å². The van der Waals surface area contributed by atoms with Gasteiger partial charge in [0.15, 0.2) is 6.23 Å². The van der Waals surface area contributed by atoms with Gasteiger partial charge in [0.05, 0.1) is 6.61 Å². The smallest absolute Gasteiger partial charge is 0.335 e. The third kappa shape index (κ3) is 2.22. The number of ether oxygens (including phenoxy) is 1. The minimum atomic E-state index is -1.43. The minimum Gasteiger partial charge on any atom is -0.394 e. The summed E-state index contributed by atoms with van der Waals surface area (Å²) >= 11 is 0. The molecule has 0 bridgehead atoms. The molecule has 0 amide bonds. The molecule has 0 radical (unpaired) electrons. The first kappa shape index (κ1) is 13.9. The Bertz CT molecular complexity index is 566. The van der Waals surface area contributed by atoms with Crippen molar-refractivity contribution in [2.24, 2.45) is 0 Å². The summed E-state index contributed by atoms with van der Waals surface area (Å²) < 4.78 is 6.57. The number of aliphatic hydroxyl groups excluding tert-OH is 4. The van der Waals surface area contributed by atoms with Crippen LogP contribution in [0.5, 0.6) is 0 Å². The molecule has 0 aliphatic carbocycles. The molecule has 0 aromatic carbocycles. The fourth-order valence-electron chi connectivity index (χ4n) is 1.97. The molecular formula is C10H14N2O7. The number of nitrogens with zero attached hydrogens (tertiary/aromatic N) is 2. The van der Waals surface area contributed by atoms with Crippen molar-refractivity contribution in [2.45, 2.75) is 31.3 Å². The fraction of sp³-hybridized carbons (Fsp3) is 0.600. The van der Waals surface area contributed by atoms with Crippen LogP contribution in [0.15, 0.2) is 21.9 Å². The van der Waals surface area contributed by atoms with Gasteiger partial charge in [-0.25, -0.2) is 9.36 Å². The zero-order chi connectivity index (χ0) is 14.2. The summed E-state index contributed by atoms with van der Waals surface area (Å²) in [7, 11) is 0. The van der Waals surface area contributed by atoms with Crippen molar-refractivity contribution < 1.29 is 25.2 Å². The highest BCUT2D eigenvalue weighted by Crippen LogP contribution is 2.27. The first-order valence-corrected chi connectivity index (χ1v) is 5.56. The van der Waals surface area contributed by atoms with Gasteiger partial charge in [0.2, 0.25) is 0 Å². The summed E-state index contributed by atoms with van der Waals surface area (Å²) in [5.74, 6) is 0. The summed E-state index contributed by atoms with van der Waals surface area (Å²) in [5.41, 5.74) is -1.58. The molecule has 1 saturated heterocycles. The Kier molecular flexibility index (Phi) is 3.83. The van der Waals surface area contributed by atoms with Crippen molar-refractivity contribution in [2.75, 3.05) is 6.61 Å². The van der Waals surface area contributed by atoms with Crippen LogP contribution >= 0.6 is 0 Å². The zero-order valence-corrected chi connectivity index (χ0v) is 9.79.